The molecule has 0 saturated heterocycles. The first-order valence-electron chi connectivity index (χ1n) is 6.50. The molecule has 0 unspecified atom stereocenters. The summed E-state index contributed by atoms with van der Waals surface area (Å²) in [5, 5.41) is 4.27. The first-order chi connectivity index (χ1) is 8.65. The van der Waals surface area contributed by atoms with Crippen LogP contribution in [0.5, 0.6) is 0 Å². The van der Waals surface area contributed by atoms with Crippen LogP contribution in [0.2, 0.25) is 5.02 Å². The Hall–Kier alpha value is -1.06. The lowest BCUT2D eigenvalue weighted by molar-refractivity contribution is 0.654. The van der Waals surface area contributed by atoms with E-state index in [0.717, 1.165) is 40.9 Å². The third-order valence-corrected chi connectivity index (χ3v) is 3.82. The number of fused-ring (bicyclic) bond motifs is 1. The Morgan fingerprint density at radius 2 is 2.22 bits per heavy atom. The molecule has 2 aromatic rings. The summed E-state index contributed by atoms with van der Waals surface area (Å²) < 4.78 is 2.16. The minimum atomic E-state index is 0.752. The van der Waals surface area contributed by atoms with Gasteiger partial charge in [0.2, 0.25) is 0 Å². The molecule has 3 rings (SSSR count). The van der Waals surface area contributed by atoms with E-state index < -0.39 is 0 Å². The molecule has 0 amide bonds. The molecule has 0 aliphatic heterocycles. The first-order valence-corrected chi connectivity index (χ1v) is 6.88. The number of benzene rings is 1. The smallest absolute Gasteiger partial charge is 0.110 e. The van der Waals surface area contributed by atoms with Crippen molar-refractivity contribution in [1.82, 2.24) is 14.9 Å². The van der Waals surface area contributed by atoms with E-state index in [1.54, 1.807) is 0 Å². The van der Waals surface area contributed by atoms with Gasteiger partial charge in [-0.15, -0.1) is 0 Å². The summed E-state index contributed by atoms with van der Waals surface area (Å²) in [4.78, 5) is 4.66. The molecule has 4 heteroatoms. The van der Waals surface area contributed by atoms with Crippen molar-refractivity contribution < 1.29 is 0 Å². The summed E-state index contributed by atoms with van der Waals surface area (Å²) in [6.07, 6.45) is 3.61. The lowest BCUT2D eigenvalue weighted by Crippen LogP contribution is -2.20. The average molecular weight is 264 g/mol. The van der Waals surface area contributed by atoms with E-state index in [4.69, 9.17) is 11.6 Å². The molecule has 1 heterocycles. The van der Waals surface area contributed by atoms with Crippen LogP contribution in [-0.4, -0.2) is 22.1 Å². The molecular weight excluding hydrogens is 246 g/mol. The fourth-order valence-electron chi connectivity index (χ4n) is 2.32. The van der Waals surface area contributed by atoms with E-state index in [2.05, 4.69) is 34.9 Å². The van der Waals surface area contributed by atoms with Crippen molar-refractivity contribution in [3.8, 4) is 0 Å². The Balaban J connectivity index is 1.87. The molecule has 0 bridgehead atoms. The van der Waals surface area contributed by atoms with Crippen molar-refractivity contribution in [2.45, 2.75) is 32.2 Å². The van der Waals surface area contributed by atoms with E-state index in [9.17, 15) is 0 Å². The van der Waals surface area contributed by atoms with Crippen molar-refractivity contribution in [3.05, 3.63) is 28.5 Å². The number of nitrogens with one attached hydrogen (secondary N) is 1. The Bertz CT molecular complexity index is 584. The van der Waals surface area contributed by atoms with Gasteiger partial charge in [0.1, 0.15) is 11.3 Å². The lowest BCUT2D eigenvalue weighted by Gasteiger charge is -2.03. The SMILES string of the molecule is Cc1cc(Cl)c2nc(CCNC3CC3)n(C)c2c1. The zero-order valence-electron chi connectivity index (χ0n) is 10.8. The van der Waals surface area contributed by atoms with Gasteiger partial charge >= 0.3 is 0 Å². The van der Waals surface area contributed by atoms with Crippen LogP contribution in [0.25, 0.3) is 11.0 Å². The summed E-state index contributed by atoms with van der Waals surface area (Å²) >= 11 is 6.25. The lowest BCUT2D eigenvalue weighted by atomic mass is 10.2. The number of hydrogen-bond donors (Lipinski definition) is 1. The molecule has 0 atom stereocenters. The zero-order valence-corrected chi connectivity index (χ0v) is 11.6. The fourth-order valence-corrected chi connectivity index (χ4v) is 2.64. The summed E-state index contributed by atoms with van der Waals surface area (Å²) in [5.41, 5.74) is 3.23. The van der Waals surface area contributed by atoms with Crippen LogP contribution in [-0.2, 0) is 13.5 Å². The molecule has 1 aliphatic rings. The monoisotopic (exact) mass is 263 g/mol. The second-order valence-corrected chi connectivity index (χ2v) is 5.59. The molecule has 1 fully saturated rings. The van der Waals surface area contributed by atoms with Crippen LogP contribution in [0.1, 0.15) is 24.2 Å². The summed E-state index contributed by atoms with van der Waals surface area (Å²) in [6.45, 7) is 3.06. The molecule has 1 aromatic heterocycles. The second kappa shape index (κ2) is 4.56. The van der Waals surface area contributed by atoms with Gasteiger partial charge in [-0.2, -0.15) is 0 Å². The van der Waals surface area contributed by atoms with Gasteiger partial charge in [-0.3, -0.25) is 0 Å². The van der Waals surface area contributed by atoms with Gasteiger partial charge in [0, 0.05) is 26.1 Å². The first kappa shape index (κ1) is 12.0. The molecular formula is C14H18ClN3. The maximum atomic E-state index is 6.25. The third kappa shape index (κ3) is 2.25. The predicted octanol–water partition coefficient (Wildman–Crippen LogP) is 2.83. The third-order valence-electron chi connectivity index (χ3n) is 3.54. The highest BCUT2D eigenvalue weighted by Gasteiger charge is 2.20. The molecule has 1 N–H and O–H groups in total. The van der Waals surface area contributed by atoms with Crippen LogP contribution in [0.3, 0.4) is 0 Å². The average Bonchev–Trinajstić information content (AvgIpc) is 3.08. The largest absolute Gasteiger partial charge is 0.331 e. The van der Waals surface area contributed by atoms with Gasteiger partial charge in [0.05, 0.1) is 10.5 Å². The van der Waals surface area contributed by atoms with E-state index in [-0.39, 0.29) is 0 Å². The summed E-state index contributed by atoms with van der Waals surface area (Å²) in [6, 6.07) is 4.88. The van der Waals surface area contributed by atoms with Gasteiger partial charge in [-0.25, -0.2) is 4.98 Å². The summed E-state index contributed by atoms with van der Waals surface area (Å²) in [7, 11) is 2.07. The highest BCUT2D eigenvalue weighted by Crippen LogP contribution is 2.25. The van der Waals surface area contributed by atoms with Crippen molar-refractivity contribution in [1.29, 1.82) is 0 Å². The molecule has 96 valence electrons. The number of aromatic nitrogens is 2. The molecule has 1 saturated carbocycles. The predicted molar refractivity (Wildman–Crippen MR) is 75.2 cm³/mol. The van der Waals surface area contributed by atoms with Crippen molar-refractivity contribution in [3.63, 3.8) is 0 Å². The standard InChI is InChI=1S/C14H18ClN3/c1-9-7-11(15)14-12(8-9)18(2)13(17-14)5-6-16-10-3-4-10/h7-8,10,16H,3-6H2,1-2H3. The molecule has 18 heavy (non-hydrogen) atoms. The quantitative estimate of drug-likeness (QED) is 0.919. The van der Waals surface area contributed by atoms with Gasteiger partial charge < -0.3 is 9.88 Å². The molecule has 3 nitrogen and oxygen atoms in total. The fraction of sp³-hybridized carbons (Fsp3) is 0.500. The van der Waals surface area contributed by atoms with Gasteiger partial charge in [0.25, 0.3) is 0 Å². The highest BCUT2D eigenvalue weighted by molar-refractivity contribution is 6.35. The van der Waals surface area contributed by atoms with Crippen LogP contribution >= 0.6 is 11.6 Å². The summed E-state index contributed by atoms with van der Waals surface area (Å²) in [5.74, 6) is 1.10. The highest BCUT2D eigenvalue weighted by atomic mass is 35.5. The van der Waals surface area contributed by atoms with Crippen molar-refractivity contribution in [2.75, 3.05) is 6.54 Å². The van der Waals surface area contributed by atoms with Crippen LogP contribution in [0, 0.1) is 6.92 Å². The van der Waals surface area contributed by atoms with E-state index in [0.29, 0.717) is 0 Å². The molecule has 0 radical (unpaired) electrons. The van der Waals surface area contributed by atoms with Crippen LogP contribution < -0.4 is 5.32 Å². The number of nitrogens with zero attached hydrogens (tertiary/aromatic N) is 2. The minimum absolute atomic E-state index is 0.752. The number of hydrogen-bond acceptors (Lipinski definition) is 2. The molecule has 1 aromatic carbocycles. The maximum Gasteiger partial charge on any atom is 0.110 e. The Kier molecular flexibility index (Phi) is 3.04. The normalized spacial score (nSPS) is 15.5. The second-order valence-electron chi connectivity index (χ2n) is 5.18. The Labute approximate surface area is 112 Å². The van der Waals surface area contributed by atoms with E-state index in [1.807, 2.05) is 6.07 Å². The van der Waals surface area contributed by atoms with Crippen LogP contribution in [0.15, 0.2) is 12.1 Å². The number of imidazole rings is 1. The van der Waals surface area contributed by atoms with Gasteiger partial charge in [0.15, 0.2) is 0 Å². The van der Waals surface area contributed by atoms with E-state index >= 15 is 0 Å². The molecule has 1 aliphatic carbocycles. The Morgan fingerprint density at radius 1 is 1.44 bits per heavy atom. The van der Waals surface area contributed by atoms with E-state index in [1.165, 1.54) is 18.4 Å². The van der Waals surface area contributed by atoms with Gasteiger partial charge in [-0.1, -0.05) is 11.6 Å². The van der Waals surface area contributed by atoms with Gasteiger partial charge in [-0.05, 0) is 37.5 Å². The van der Waals surface area contributed by atoms with Crippen molar-refractivity contribution >= 4 is 22.6 Å². The Morgan fingerprint density at radius 3 is 2.94 bits per heavy atom. The van der Waals surface area contributed by atoms with Crippen LogP contribution in [0.4, 0.5) is 0 Å². The molecule has 0 spiro atoms. The number of halogens is 1. The maximum absolute atomic E-state index is 6.25. The minimum Gasteiger partial charge on any atom is -0.331 e. The number of aryl methyl sites for hydroxylation is 2. The topological polar surface area (TPSA) is 29.9 Å². The van der Waals surface area contributed by atoms with Crippen molar-refractivity contribution in [2.24, 2.45) is 7.05 Å². The number of rotatable bonds is 4. The zero-order chi connectivity index (χ0) is 12.7.